The van der Waals surface area contributed by atoms with Gasteiger partial charge < -0.3 is 9.47 Å². The summed E-state index contributed by atoms with van der Waals surface area (Å²) in [4.78, 5) is 16.0. The summed E-state index contributed by atoms with van der Waals surface area (Å²) in [5.41, 5.74) is 4.42. The first kappa shape index (κ1) is 20.8. The first-order chi connectivity index (χ1) is 14.1. The summed E-state index contributed by atoms with van der Waals surface area (Å²) in [5, 5.41) is 4.09. The number of nitrogens with one attached hydrogen (secondary N) is 1. The van der Waals surface area contributed by atoms with Gasteiger partial charge >= 0.3 is 0 Å². The summed E-state index contributed by atoms with van der Waals surface area (Å²) in [6.45, 7) is 0.408. The van der Waals surface area contributed by atoms with Crippen LogP contribution in [-0.4, -0.2) is 24.2 Å². The number of hydrazone groups is 1. The Kier molecular flexibility index (Phi) is 7.21. The molecule has 1 aromatic heterocycles. The molecule has 0 saturated carbocycles. The SMILES string of the molecule is COc1cc(/C=N/NC(=O)c2cccnc2Cl)cc(Br)c1OCc1ccccc1. The Morgan fingerprint density at radius 2 is 2.03 bits per heavy atom. The molecule has 1 amide bonds. The van der Waals surface area contributed by atoms with E-state index in [1.165, 1.54) is 12.4 Å². The number of hydrogen-bond donors (Lipinski definition) is 1. The van der Waals surface area contributed by atoms with Crippen LogP contribution in [-0.2, 0) is 6.61 Å². The Labute approximate surface area is 181 Å². The second-order valence-corrected chi connectivity index (χ2v) is 7.06. The van der Waals surface area contributed by atoms with Crippen LogP contribution < -0.4 is 14.9 Å². The van der Waals surface area contributed by atoms with E-state index in [4.69, 9.17) is 21.1 Å². The summed E-state index contributed by atoms with van der Waals surface area (Å²) in [6.07, 6.45) is 3.00. The maximum Gasteiger partial charge on any atom is 0.274 e. The number of benzene rings is 2. The van der Waals surface area contributed by atoms with E-state index < -0.39 is 5.91 Å². The molecule has 0 aliphatic carbocycles. The van der Waals surface area contributed by atoms with Gasteiger partial charge in [0.1, 0.15) is 11.8 Å². The molecule has 0 aliphatic heterocycles. The number of rotatable bonds is 7. The van der Waals surface area contributed by atoms with Crippen LogP contribution in [0.5, 0.6) is 11.5 Å². The van der Waals surface area contributed by atoms with Crippen molar-refractivity contribution in [3.8, 4) is 11.5 Å². The lowest BCUT2D eigenvalue weighted by atomic mass is 10.2. The molecular weight excluding hydrogens is 458 g/mol. The summed E-state index contributed by atoms with van der Waals surface area (Å²) < 4.78 is 12.0. The van der Waals surface area contributed by atoms with Crippen molar-refractivity contribution >= 4 is 39.7 Å². The number of pyridine rings is 1. The standard InChI is InChI=1S/C21H17BrClN3O3/c1-28-18-11-15(12-25-26-21(27)16-8-5-9-24-20(16)23)10-17(22)19(18)29-13-14-6-3-2-4-7-14/h2-12H,13H2,1H3,(H,26,27)/b25-12+. The van der Waals surface area contributed by atoms with E-state index in [1.54, 1.807) is 25.3 Å². The van der Waals surface area contributed by atoms with Crippen molar-refractivity contribution < 1.29 is 14.3 Å². The fourth-order valence-electron chi connectivity index (χ4n) is 2.47. The van der Waals surface area contributed by atoms with E-state index >= 15 is 0 Å². The van der Waals surface area contributed by atoms with Gasteiger partial charge in [-0.3, -0.25) is 4.79 Å². The van der Waals surface area contributed by atoms with Crippen molar-refractivity contribution in [1.29, 1.82) is 0 Å². The molecule has 3 rings (SSSR count). The van der Waals surface area contributed by atoms with Crippen LogP contribution in [0.4, 0.5) is 0 Å². The van der Waals surface area contributed by atoms with Crippen molar-refractivity contribution in [2.24, 2.45) is 5.10 Å². The number of carbonyl (C=O) groups excluding carboxylic acids is 1. The van der Waals surface area contributed by atoms with Crippen LogP contribution in [0.25, 0.3) is 0 Å². The Morgan fingerprint density at radius 1 is 1.24 bits per heavy atom. The second-order valence-electron chi connectivity index (χ2n) is 5.85. The number of ether oxygens (including phenoxy) is 2. The molecule has 6 nitrogen and oxygen atoms in total. The fourth-order valence-corrected chi connectivity index (χ4v) is 3.24. The fraction of sp³-hybridized carbons (Fsp3) is 0.0952. The number of halogens is 2. The van der Waals surface area contributed by atoms with E-state index in [0.717, 1.165) is 5.56 Å². The van der Waals surface area contributed by atoms with E-state index in [2.05, 4.69) is 31.4 Å². The maximum atomic E-state index is 12.1. The van der Waals surface area contributed by atoms with Gasteiger partial charge in [-0.2, -0.15) is 5.10 Å². The molecule has 0 spiro atoms. The lowest BCUT2D eigenvalue weighted by Gasteiger charge is -2.13. The number of nitrogens with zero attached hydrogens (tertiary/aromatic N) is 2. The Hall–Kier alpha value is -2.90. The summed E-state index contributed by atoms with van der Waals surface area (Å²) in [7, 11) is 1.56. The van der Waals surface area contributed by atoms with E-state index in [1.807, 2.05) is 36.4 Å². The molecule has 1 heterocycles. The van der Waals surface area contributed by atoms with Crippen molar-refractivity contribution in [3.63, 3.8) is 0 Å². The molecule has 0 saturated heterocycles. The maximum absolute atomic E-state index is 12.1. The zero-order chi connectivity index (χ0) is 20.6. The highest BCUT2D eigenvalue weighted by Crippen LogP contribution is 2.36. The predicted molar refractivity (Wildman–Crippen MR) is 116 cm³/mol. The third-order valence-electron chi connectivity index (χ3n) is 3.86. The monoisotopic (exact) mass is 473 g/mol. The molecule has 2 aromatic carbocycles. The topological polar surface area (TPSA) is 72.8 Å². The molecule has 0 radical (unpaired) electrons. The predicted octanol–water partition coefficient (Wildman–Crippen LogP) is 4.85. The van der Waals surface area contributed by atoms with Crippen LogP contribution in [0.2, 0.25) is 5.15 Å². The minimum atomic E-state index is -0.451. The zero-order valence-corrected chi connectivity index (χ0v) is 17.8. The number of aromatic nitrogens is 1. The first-order valence-corrected chi connectivity index (χ1v) is 9.73. The molecular formula is C21H17BrClN3O3. The zero-order valence-electron chi connectivity index (χ0n) is 15.4. The van der Waals surface area contributed by atoms with Gasteiger partial charge in [-0.1, -0.05) is 41.9 Å². The molecule has 148 valence electrons. The van der Waals surface area contributed by atoms with Crippen LogP contribution >= 0.6 is 27.5 Å². The highest BCUT2D eigenvalue weighted by atomic mass is 79.9. The molecule has 8 heteroatoms. The number of carbonyl (C=O) groups is 1. The van der Waals surface area contributed by atoms with Crippen molar-refractivity contribution in [3.05, 3.63) is 87.1 Å². The highest BCUT2D eigenvalue weighted by Gasteiger charge is 2.12. The number of amides is 1. The van der Waals surface area contributed by atoms with Gasteiger partial charge in [-0.15, -0.1) is 0 Å². The third-order valence-corrected chi connectivity index (χ3v) is 4.75. The van der Waals surface area contributed by atoms with Crippen molar-refractivity contribution in [2.45, 2.75) is 6.61 Å². The Bertz CT molecular complexity index is 1030. The second kappa shape index (κ2) is 10.0. The van der Waals surface area contributed by atoms with Crippen molar-refractivity contribution in [2.75, 3.05) is 7.11 Å². The quantitative estimate of drug-likeness (QED) is 0.302. The van der Waals surface area contributed by atoms with Gasteiger partial charge in [0.05, 0.1) is 23.4 Å². The minimum absolute atomic E-state index is 0.115. The van der Waals surface area contributed by atoms with Gasteiger partial charge in [0.15, 0.2) is 11.5 Å². The summed E-state index contributed by atoms with van der Waals surface area (Å²) in [5.74, 6) is 0.672. The lowest BCUT2D eigenvalue weighted by Crippen LogP contribution is -2.18. The van der Waals surface area contributed by atoms with Gasteiger partial charge in [0, 0.05) is 6.20 Å². The van der Waals surface area contributed by atoms with Crippen LogP contribution in [0, 0.1) is 0 Å². The highest BCUT2D eigenvalue weighted by molar-refractivity contribution is 9.10. The molecule has 0 bridgehead atoms. The van der Waals surface area contributed by atoms with Crippen molar-refractivity contribution in [1.82, 2.24) is 10.4 Å². The normalized spacial score (nSPS) is 10.7. The van der Waals surface area contributed by atoms with Crippen LogP contribution in [0.3, 0.4) is 0 Å². The average Bonchev–Trinajstić information content (AvgIpc) is 2.73. The Balaban J connectivity index is 1.70. The first-order valence-electron chi connectivity index (χ1n) is 8.56. The third kappa shape index (κ3) is 5.56. The summed E-state index contributed by atoms with van der Waals surface area (Å²) in [6, 6.07) is 16.6. The molecule has 0 atom stereocenters. The van der Waals surface area contributed by atoms with Gasteiger partial charge in [0.2, 0.25) is 0 Å². The van der Waals surface area contributed by atoms with Gasteiger partial charge in [-0.25, -0.2) is 10.4 Å². The molecule has 3 aromatic rings. The van der Waals surface area contributed by atoms with Crippen LogP contribution in [0.15, 0.2) is 70.4 Å². The Morgan fingerprint density at radius 3 is 2.76 bits per heavy atom. The molecule has 29 heavy (non-hydrogen) atoms. The molecule has 1 N–H and O–H groups in total. The number of hydrogen-bond acceptors (Lipinski definition) is 5. The van der Waals surface area contributed by atoms with E-state index in [9.17, 15) is 4.79 Å². The molecule has 0 fully saturated rings. The van der Waals surface area contributed by atoms with E-state index in [0.29, 0.717) is 28.1 Å². The van der Waals surface area contributed by atoms with Gasteiger partial charge in [0.25, 0.3) is 5.91 Å². The average molecular weight is 475 g/mol. The molecule has 0 aliphatic rings. The lowest BCUT2D eigenvalue weighted by molar-refractivity contribution is 0.0955. The summed E-state index contributed by atoms with van der Waals surface area (Å²) >= 11 is 9.41. The smallest absolute Gasteiger partial charge is 0.274 e. The molecule has 0 unspecified atom stereocenters. The number of methoxy groups -OCH3 is 1. The largest absolute Gasteiger partial charge is 0.493 e. The van der Waals surface area contributed by atoms with Crippen LogP contribution in [0.1, 0.15) is 21.5 Å². The minimum Gasteiger partial charge on any atom is -0.493 e. The van der Waals surface area contributed by atoms with Gasteiger partial charge in [-0.05, 0) is 51.3 Å². The van der Waals surface area contributed by atoms with E-state index in [-0.39, 0.29) is 10.7 Å².